The molecule has 3 N–H and O–H groups in total. The number of aromatic amines is 1. The zero-order chi connectivity index (χ0) is 17.8. The molecule has 0 saturated heterocycles. The second-order valence-corrected chi connectivity index (χ2v) is 5.64. The third kappa shape index (κ3) is 3.52. The van der Waals surface area contributed by atoms with E-state index in [1.165, 1.54) is 16.4 Å². The van der Waals surface area contributed by atoms with Crippen LogP contribution in [0.3, 0.4) is 0 Å². The van der Waals surface area contributed by atoms with Crippen LogP contribution in [-0.2, 0) is 12.8 Å². The molecule has 0 aliphatic carbocycles. The Morgan fingerprint density at radius 3 is 2.64 bits per heavy atom. The van der Waals surface area contributed by atoms with Crippen molar-refractivity contribution in [2.75, 3.05) is 10.6 Å². The summed E-state index contributed by atoms with van der Waals surface area (Å²) < 4.78 is 1.20. The molecule has 0 fully saturated rings. The largest absolute Gasteiger partial charge is 0.323 e. The maximum absolute atomic E-state index is 12.6. The molecule has 8 heteroatoms. The summed E-state index contributed by atoms with van der Waals surface area (Å²) in [4.78, 5) is 33.2. The summed E-state index contributed by atoms with van der Waals surface area (Å²) in [6, 6.07) is 7.07. The number of benzene rings is 1. The number of aromatic nitrogens is 4. The first-order valence-electron chi connectivity index (χ1n) is 8.24. The second-order valence-electron chi connectivity index (χ2n) is 5.64. The van der Waals surface area contributed by atoms with Crippen LogP contribution in [0, 0.1) is 0 Å². The number of rotatable bonds is 5. The minimum Gasteiger partial charge on any atom is -0.308 e. The Kier molecular flexibility index (Phi) is 4.78. The van der Waals surface area contributed by atoms with E-state index in [1.54, 1.807) is 0 Å². The van der Waals surface area contributed by atoms with Crippen molar-refractivity contribution in [2.24, 2.45) is 0 Å². The number of carbonyl (C=O) groups is 1. The lowest BCUT2D eigenvalue weighted by Gasteiger charge is -2.11. The van der Waals surface area contributed by atoms with Gasteiger partial charge in [0.25, 0.3) is 11.3 Å². The van der Waals surface area contributed by atoms with Crippen molar-refractivity contribution < 1.29 is 4.79 Å². The van der Waals surface area contributed by atoms with Crippen molar-refractivity contribution >= 4 is 23.2 Å². The SMILES string of the molecule is CCCc1nc2nc[nH]n2c(=O)c1NC(=O)Nc1ccc(CC)cc1. The Labute approximate surface area is 144 Å². The summed E-state index contributed by atoms with van der Waals surface area (Å²) in [5, 5.41) is 8.05. The topological polar surface area (TPSA) is 104 Å². The number of amides is 2. The highest BCUT2D eigenvalue weighted by molar-refractivity contribution is 6.00. The van der Waals surface area contributed by atoms with Crippen molar-refractivity contribution in [2.45, 2.75) is 33.1 Å². The Morgan fingerprint density at radius 2 is 1.96 bits per heavy atom. The van der Waals surface area contributed by atoms with Crippen LogP contribution in [0.5, 0.6) is 0 Å². The van der Waals surface area contributed by atoms with Gasteiger partial charge in [-0.2, -0.15) is 4.52 Å². The molecule has 0 bridgehead atoms. The average Bonchev–Trinajstić information content (AvgIpc) is 3.08. The molecule has 130 valence electrons. The van der Waals surface area contributed by atoms with E-state index in [0.717, 1.165) is 12.8 Å². The van der Waals surface area contributed by atoms with Gasteiger partial charge in [0.15, 0.2) is 0 Å². The number of urea groups is 1. The first-order chi connectivity index (χ1) is 12.1. The van der Waals surface area contributed by atoms with Gasteiger partial charge in [-0.3, -0.25) is 9.89 Å². The number of hydrogen-bond donors (Lipinski definition) is 3. The summed E-state index contributed by atoms with van der Waals surface area (Å²) in [5.74, 6) is 0.287. The van der Waals surface area contributed by atoms with Crippen LogP contribution >= 0.6 is 0 Å². The smallest absolute Gasteiger partial charge is 0.308 e. The number of carbonyl (C=O) groups excluding carboxylic acids is 1. The molecule has 8 nitrogen and oxygen atoms in total. The highest BCUT2D eigenvalue weighted by atomic mass is 16.2. The van der Waals surface area contributed by atoms with E-state index < -0.39 is 6.03 Å². The molecule has 3 aromatic rings. The maximum atomic E-state index is 12.6. The molecule has 0 atom stereocenters. The van der Waals surface area contributed by atoms with E-state index >= 15 is 0 Å². The van der Waals surface area contributed by atoms with Crippen molar-refractivity contribution in [3.8, 4) is 0 Å². The van der Waals surface area contributed by atoms with Crippen LogP contribution in [-0.4, -0.2) is 25.6 Å². The molecular weight excluding hydrogens is 320 g/mol. The van der Waals surface area contributed by atoms with Gasteiger partial charge in [0.2, 0.25) is 0 Å². The number of hydrogen-bond acceptors (Lipinski definition) is 4. The van der Waals surface area contributed by atoms with Crippen molar-refractivity contribution in [1.82, 2.24) is 19.6 Å². The first kappa shape index (κ1) is 16.7. The van der Waals surface area contributed by atoms with E-state index in [9.17, 15) is 9.59 Å². The van der Waals surface area contributed by atoms with Crippen LogP contribution < -0.4 is 16.2 Å². The lowest BCUT2D eigenvalue weighted by molar-refractivity contribution is 0.262. The number of nitrogens with one attached hydrogen (secondary N) is 3. The summed E-state index contributed by atoms with van der Waals surface area (Å²) in [5.41, 5.74) is 2.13. The normalized spacial score (nSPS) is 10.8. The van der Waals surface area contributed by atoms with Crippen LogP contribution in [0.1, 0.15) is 31.5 Å². The van der Waals surface area contributed by atoms with Gasteiger partial charge in [0.1, 0.15) is 12.0 Å². The van der Waals surface area contributed by atoms with E-state index in [0.29, 0.717) is 17.8 Å². The second kappa shape index (κ2) is 7.16. The fourth-order valence-corrected chi connectivity index (χ4v) is 2.54. The Hall–Kier alpha value is -3.16. The third-order valence-corrected chi connectivity index (χ3v) is 3.85. The molecule has 2 amide bonds. The minimum absolute atomic E-state index is 0.159. The van der Waals surface area contributed by atoms with Crippen LogP contribution in [0.2, 0.25) is 0 Å². The van der Waals surface area contributed by atoms with Gasteiger partial charge in [-0.25, -0.2) is 14.8 Å². The molecule has 0 saturated carbocycles. The molecule has 0 radical (unpaired) electrons. The molecule has 0 unspecified atom stereocenters. The predicted octanol–water partition coefficient (Wildman–Crippen LogP) is 2.58. The van der Waals surface area contributed by atoms with Gasteiger partial charge in [0.05, 0.1) is 5.69 Å². The first-order valence-corrected chi connectivity index (χ1v) is 8.24. The summed E-state index contributed by atoms with van der Waals surface area (Å²) >= 11 is 0. The molecule has 0 spiro atoms. The number of aryl methyl sites for hydroxylation is 2. The Morgan fingerprint density at radius 1 is 1.20 bits per heavy atom. The fourth-order valence-electron chi connectivity index (χ4n) is 2.54. The summed E-state index contributed by atoms with van der Waals surface area (Å²) in [6.45, 7) is 4.05. The minimum atomic E-state index is -0.486. The maximum Gasteiger partial charge on any atom is 0.323 e. The van der Waals surface area contributed by atoms with Gasteiger partial charge in [-0.05, 0) is 30.5 Å². The quantitative estimate of drug-likeness (QED) is 0.664. The Bertz CT molecular complexity index is 942. The molecular formula is C17H20N6O2. The lowest BCUT2D eigenvalue weighted by Crippen LogP contribution is -2.28. The standard InChI is InChI=1S/C17H20N6O2/c1-3-5-13-14(15(24)23-16(21-13)18-10-19-23)22-17(25)20-12-8-6-11(4-2)7-9-12/h6-10H,3-5H2,1-2H3,(H,18,19,21)(H2,20,22,25). The van der Waals surface area contributed by atoms with Gasteiger partial charge in [-0.15, -0.1) is 0 Å². The molecule has 0 aliphatic rings. The zero-order valence-electron chi connectivity index (χ0n) is 14.2. The van der Waals surface area contributed by atoms with Crippen LogP contribution in [0.25, 0.3) is 5.78 Å². The third-order valence-electron chi connectivity index (χ3n) is 3.85. The number of nitrogens with zero attached hydrogens (tertiary/aromatic N) is 3. The van der Waals surface area contributed by atoms with Gasteiger partial charge in [0, 0.05) is 5.69 Å². The monoisotopic (exact) mass is 340 g/mol. The van der Waals surface area contributed by atoms with Crippen molar-refractivity contribution in [1.29, 1.82) is 0 Å². The number of anilines is 2. The summed E-state index contributed by atoms with van der Waals surface area (Å²) in [6.07, 6.45) is 3.68. The molecule has 2 aromatic heterocycles. The van der Waals surface area contributed by atoms with E-state index in [-0.39, 0.29) is 17.0 Å². The van der Waals surface area contributed by atoms with Gasteiger partial charge >= 0.3 is 6.03 Å². The van der Waals surface area contributed by atoms with Crippen molar-refractivity contribution in [3.05, 3.63) is 52.2 Å². The van der Waals surface area contributed by atoms with Crippen LogP contribution in [0.15, 0.2) is 35.4 Å². The van der Waals surface area contributed by atoms with Gasteiger partial charge in [-0.1, -0.05) is 32.4 Å². The average molecular weight is 340 g/mol. The highest BCUT2D eigenvalue weighted by Gasteiger charge is 2.16. The fraction of sp³-hybridized carbons (Fsp3) is 0.294. The molecule has 0 aliphatic heterocycles. The van der Waals surface area contributed by atoms with Crippen molar-refractivity contribution in [3.63, 3.8) is 0 Å². The Balaban J connectivity index is 1.85. The number of H-pyrrole nitrogens is 1. The zero-order valence-corrected chi connectivity index (χ0v) is 14.2. The van der Waals surface area contributed by atoms with E-state index in [1.807, 2.05) is 31.2 Å². The molecule has 1 aromatic carbocycles. The molecule has 3 rings (SSSR count). The molecule has 2 heterocycles. The van der Waals surface area contributed by atoms with Crippen LogP contribution in [0.4, 0.5) is 16.2 Å². The highest BCUT2D eigenvalue weighted by Crippen LogP contribution is 2.13. The molecule has 25 heavy (non-hydrogen) atoms. The lowest BCUT2D eigenvalue weighted by atomic mass is 10.1. The van der Waals surface area contributed by atoms with E-state index in [2.05, 4.69) is 32.6 Å². The number of fused-ring (bicyclic) bond motifs is 1. The van der Waals surface area contributed by atoms with E-state index in [4.69, 9.17) is 0 Å². The van der Waals surface area contributed by atoms with Gasteiger partial charge < -0.3 is 10.6 Å². The summed E-state index contributed by atoms with van der Waals surface area (Å²) in [7, 11) is 0. The predicted molar refractivity (Wildman–Crippen MR) is 96.1 cm³/mol.